The van der Waals surface area contributed by atoms with E-state index in [-0.39, 0.29) is 12.5 Å². The standard InChI is InChI=1S/C16H14ClNO2/c17-14-6-1-12(2-7-14)5-10-16(20)18-15-8-3-13(11-19)4-9-15/h1-10,19H,11H2,(H,18,20). The van der Waals surface area contributed by atoms with Crippen LogP contribution >= 0.6 is 11.6 Å². The van der Waals surface area contributed by atoms with Crippen LogP contribution in [0.2, 0.25) is 5.02 Å². The SMILES string of the molecule is O=C(C=Cc1ccc(Cl)cc1)Nc1ccc(CO)cc1. The normalized spacial score (nSPS) is 10.7. The van der Waals surface area contributed by atoms with E-state index in [0.29, 0.717) is 10.7 Å². The zero-order valence-electron chi connectivity index (χ0n) is 10.7. The minimum Gasteiger partial charge on any atom is -0.392 e. The fourth-order valence-corrected chi connectivity index (χ4v) is 1.75. The van der Waals surface area contributed by atoms with E-state index >= 15 is 0 Å². The lowest BCUT2D eigenvalue weighted by atomic mass is 10.2. The minimum absolute atomic E-state index is 0.00923. The van der Waals surface area contributed by atoms with Crippen LogP contribution in [0.3, 0.4) is 0 Å². The number of benzene rings is 2. The Labute approximate surface area is 122 Å². The summed E-state index contributed by atoms with van der Waals surface area (Å²) in [5.41, 5.74) is 2.40. The molecule has 0 saturated heterocycles. The summed E-state index contributed by atoms with van der Waals surface area (Å²) < 4.78 is 0. The van der Waals surface area contributed by atoms with E-state index in [1.165, 1.54) is 6.08 Å². The van der Waals surface area contributed by atoms with Crippen LogP contribution in [0.15, 0.2) is 54.6 Å². The second kappa shape index (κ2) is 6.89. The second-order valence-electron chi connectivity index (χ2n) is 4.23. The van der Waals surface area contributed by atoms with E-state index in [1.54, 1.807) is 42.5 Å². The van der Waals surface area contributed by atoms with Gasteiger partial charge in [-0.2, -0.15) is 0 Å². The van der Waals surface area contributed by atoms with Crippen molar-refractivity contribution in [2.45, 2.75) is 6.61 Å². The third-order valence-corrected chi connectivity index (χ3v) is 2.95. The van der Waals surface area contributed by atoms with Crippen LogP contribution in [0, 0.1) is 0 Å². The summed E-state index contributed by atoms with van der Waals surface area (Å²) in [6.07, 6.45) is 3.18. The molecule has 4 heteroatoms. The zero-order chi connectivity index (χ0) is 14.4. The molecule has 102 valence electrons. The van der Waals surface area contributed by atoms with E-state index in [2.05, 4.69) is 5.32 Å². The van der Waals surface area contributed by atoms with Crippen LogP contribution in [-0.4, -0.2) is 11.0 Å². The molecular formula is C16H14ClNO2. The topological polar surface area (TPSA) is 49.3 Å². The first kappa shape index (κ1) is 14.3. The summed E-state index contributed by atoms with van der Waals surface area (Å²) in [5.74, 6) is -0.211. The number of aliphatic hydroxyl groups excluding tert-OH is 1. The average molecular weight is 288 g/mol. The van der Waals surface area contributed by atoms with Gasteiger partial charge in [0.25, 0.3) is 0 Å². The molecule has 0 radical (unpaired) electrons. The highest BCUT2D eigenvalue weighted by Crippen LogP contribution is 2.12. The van der Waals surface area contributed by atoms with Gasteiger partial charge in [0.15, 0.2) is 0 Å². The Morgan fingerprint density at radius 2 is 1.75 bits per heavy atom. The van der Waals surface area contributed by atoms with Gasteiger partial charge in [-0.3, -0.25) is 4.79 Å². The van der Waals surface area contributed by atoms with Crippen molar-refractivity contribution in [1.29, 1.82) is 0 Å². The van der Waals surface area contributed by atoms with E-state index in [9.17, 15) is 4.79 Å². The summed E-state index contributed by atoms with van der Waals surface area (Å²) in [5, 5.41) is 12.3. The lowest BCUT2D eigenvalue weighted by Crippen LogP contribution is -2.07. The molecule has 0 aromatic heterocycles. The Balaban J connectivity index is 1.96. The molecule has 3 nitrogen and oxygen atoms in total. The third-order valence-electron chi connectivity index (χ3n) is 2.70. The van der Waals surface area contributed by atoms with Crippen molar-refractivity contribution in [1.82, 2.24) is 0 Å². The van der Waals surface area contributed by atoms with E-state index in [1.807, 2.05) is 12.1 Å². The van der Waals surface area contributed by atoms with Crippen molar-refractivity contribution in [3.8, 4) is 0 Å². The number of aliphatic hydroxyl groups is 1. The van der Waals surface area contributed by atoms with Crippen molar-refractivity contribution in [2.24, 2.45) is 0 Å². The van der Waals surface area contributed by atoms with Gasteiger partial charge in [0.1, 0.15) is 0 Å². The van der Waals surface area contributed by atoms with E-state index < -0.39 is 0 Å². The number of anilines is 1. The maximum absolute atomic E-state index is 11.7. The maximum atomic E-state index is 11.7. The highest BCUT2D eigenvalue weighted by molar-refractivity contribution is 6.30. The lowest BCUT2D eigenvalue weighted by molar-refractivity contribution is -0.111. The molecule has 0 saturated carbocycles. The highest BCUT2D eigenvalue weighted by Gasteiger charge is 1.98. The quantitative estimate of drug-likeness (QED) is 0.846. The Hall–Kier alpha value is -2.10. The summed E-state index contributed by atoms with van der Waals surface area (Å²) in [6.45, 7) is -0.00923. The Morgan fingerprint density at radius 3 is 2.35 bits per heavy atom. The molecule has 2 aromatic carbocycles. The molecule has 0 heterocycles. The number of carbonyl (C=O) groups is 1. The molecule has 0 bridgehead atoms. The predicted molar refractivity (Wildman–Crippen MR) is 81.5 cm³/mol. The molecule has 2 rings (SSSR count). The van der Waals surface area contributed by atoms with Gasteiger partial charge in [-0.05, 0) is 41.5 Å². The molecule has 0 aliphatic heterocycles. The highest BCUT2D eigenvalue weighted by atomic mass is 35.5. The molecule has 2 aromatic rings. The number of hydrogen-bond acceptors (Lipinski definition) is 2. The van der Waals surface area contributed by atoms with E-state index in [0.717, 1.165) is 11.1 Å². The van der Waals surface area contributed by atoms with Gasteiger partial charge in [0.2, 0.25) is 5.91 Å². The fraction of sp³-hybridized carbons (Fsp3) is 0.0625. The van der Waals surface area contributed by atoms with Gasteiger partial charge in [0, 0.05) is 16.8 Å². The van der Waals surface area contributed by atoms with Gasteiger partial charge in [-0.25, -0.2) is 0 Å². The van der Waals surface area contributed by atoms with Crippen molar-refractivity contribution in [3.05, 3.63) is 70.8 Å². The summed E-state index contributed by atoms with van der Waals surface area (Å²) >= 11 is 5.79. The van der Waals surface area contributed by atoms with Gasteiger partial charge in [-0.1, -0.05) is 35.9 Å². The molecule has 0 fully saturated rings. The van der Waals surface area contributed by atoms with Gasteiger partial charge >= 0.3 is 0 Å². The Kier molecular flexibility index (Phi) is 4.93. The zero-order valence-corrected chi connectivity index (χ0v) is 11.5. The first-order chi connectivity index (χ1) is 9.67. The Morgan fingerprint density at radius 1 is 1.10 bits per heavy atom. The lowest BCUT2D eigenvalue weighted by Gasteiger charge is -2.03. The number of amides is 1. The van der Waals surface area contributed by atoms with Crippen LogP contribution in [0.5, 0.6) is 0 Å². The minimum atomic E-state index is -0.211. The van der Waals surface area contributed by atoms with Crippen LogP contribution < -0.4 is 5.32 Å². The summed E-state index contributed by atoms with van der Waals surface area (Å²) in [7, 11) is 0. The van der Waals surface area contributed by atoms with Crippen LogP contribution in [0.4, 0.5) is 5.69 Å². The molecular weight excluding hydrogens is 274 g/mol. The largest absolute Gasteiger partial charge is 0.392 e. The van der Waals surface area contributed by atoms with E-state index in [4.69, 9.17) is 16.7 Å². The molecule has 20 heavy (non-hydrogen) atoms. The van der Waals surface area contributed by atoms with Crippen molar-refractivity contribution in [3.63, 3.8) is 0 Å². The molecule has 1 amide bonds. The summed E-state index contributed by atoms with van der Waals surface area (Å²) in [6, 6.07) is 14.2. The second-order valence-corrected chi connectivity index (χ2v) is 4.67. The van der Waals surface area contributed by atoms with Gasteiger partial charge < -0.3 is 10.4 Å². The van der Waals surface area contributed by atoms with Gasteiger partial charge in [0.05, 0.1) is 6.61 Å². The number of carbonyl (C=O) groups excluding carboxylic acids is 1. The number of rotatable bonds is 4. The van der Waals surface area contributed by atoms with Crippen LogP contribution in [-0.2, 0) is 11.4 Å². The predicted octanol–water partition coefficient (Wildman–Crippen LogP) is 3.48. The number of hydrogen-bond donors (Lipinski definition) is 2. The number of nitrogens with one attached hydrogen (secondary N) is 1. The monoisotopic (exact) mass is 287 g/mol. The average Bonchev–Trinajstić information content (AvgIpc) is 2.47. The molecule has 0 unspecified atom stereocenters. The van der Waals surface area contributed by atoms with Crippen LogP contribution in [0.1, 0.15) is 11.1 Å². The van der Waals surface area contributed by atoms with Crippen molar-refractivity contribution in [2.75, 3.05) is 5.32 Å². The molecule has 0 aliphatic rings. The van der Waals surface area contributed by atoms with Crippen LogP contribution in [0.25, 0.3) is 6.08 Å². The molecule has 0 atom stereocenters. The smallest absolute Gasteiger partial charge is 0.248 e. The summed E-state index contributed by atoms with van der Waals surface area (Å²) in [4.78, 5) is 11.7. The number of halogens is 1. The van der Waals surface area contributed by atoms with Crippen molar-refractivity contribution < 1.29 is 9.90 Å². The molecule has 2 N–H and O–H groups in total. The first-order valence-corrected chi connectivity index (χ1v) is 6.49. The fourth-order valence-electron chi connectivity index (χ4n) is 1.62. The molecule has 0 spiro atoms. The van der Waals surface area contributed by atoms with Crippen molar-refractivity contribution >= 4 is 29.3 Å². The first-order valence-electron chi connectivity index (χ1n) is 6.12. The maximum Gasteiger partial charge on any atom is 0.248 e. The third kappa shape index (κ3) is 4.23. The Bertz CT molecular complexity index is 603. The molecule has 0 aliphatic carbocycles. The van der Waals surface area contributed by atoms with Gasteiger partial charge in [-0.15, -0.1) is 0 Å².